The van der Waals surface area contributed by atoms with Crippen LogP contribution < -0.4 is 5.32 Å². The van der Waals surface area contributed by atoms with Crippen LogP contribution in [0, 0.1) is 34.5 Å². The number of piperazine rings is 1. The van der Waals surface area contributed by atoms with E-state index in [-0.39, 0.29) is 16.7 Å². The molecule has 6 atom stereocenters. The lowest BCUT2D eigenvalue weighted by Gasteiger charge is -2.56. The zero-order chi connectivity index (χ0) is 19.5. The van der Waals surface area contributed by atoms with Crippen molar-refractivity contribution in [3.63, 3.8) is 0 Å². The van der Waals surface area contributed by atoms with E-state index in [4.69, 9.17) is 4.99 Å². The summed E-state index contributed by atoms with van der Waals surface area (Å²) in [7, 11) is 0. The van der Waals surface area contributed by atoms with Crippen LogP contribution in [-0.4, -0.2) is 55.0 Å². The molecule has 3 aliphatic carbocycles. The van der Waals surface area contributed by atoms with Crippen LogP contribution in [-0.2, 0) is 9.59 Å². The largest absolute Gasteiger partial charge is 0.340 e. The molecule has 5 rings (SSSR count). The minimum Gasteiger partial charge on any atom is -0.340 e. The molecule has 0 bridgehead atoms. The van der Waals surface area contributed by atoms with E-state index in [0.29, 0.717) is 35.9 Å². The molecule has 1 amide bonds. The fourth-order valence-electron chi connectivity index (χ4n) is 7.72. The molecule has 3 saturated carbocycles. The molecule has 0 radical (unpaired) electrons. The molecule has 1 saturated heterocycles. The Hall–Kier alpha value is -1.23. The van der Waals surface area contributed by atoms with E-state index in [1.807, 2.05) is 0 Å². The molecule has 2 aliphatic heterocycles. The molecule has 5 nitrogen and oxygen atoms in total. The molecule has 5 aliphatic rings. The van der Waals surface area contributed by atoms with Crippen molar-refractivity contribution >= 4 is 17.4 Å². The molecular weight excluding hydrogens is 350 g/mol. The maximum absolute atomic E-state index is 13.4. The Labute approximate surface area is 168 Å². The molecule has 0 aromatic heterocycles. The van der Waals surface area contributed by atoms with E-state index < -0.39 is 0 Å². The summed E-state index contributed by atoms with van der Waals surface area (Å²) in [6, 6.07) is 0. The molecule has 0 spiro atoms. The third-order valence-corrected chi connectivity index (χ3v) is 9.42. The Morgan fingerprint density at radius 1 is 1.11 bits per heavy atom. The summed E-state index contributed by atoms with van der Waals surface area (Å²) in [5, 5.41) is 3.36. The normalized spacial score (nSPS) is 45.7. The highest BCUT2D eigenvalue weighted by Gasteiger charge is 2.60. The summed E-state index contributed by atoms with van der Waals surface area (Å²) >= 11 is 0. The molecule has 154 valence electrons. The van der Waals surface area contributed by atoms with Crippen molar-refractivity contribution in [3.8, 4) is 0 Å². The van der Waals surface area contributed by atoms with Crippen molar-refractivity contribution in [2.75, 3.05) is 32.7 Å². The monoisotopic (exact) mass is 385 g/mol. The molecule has 0 aromatic rings. The van der Waals surface area contributed by atoms with Crippen LogP contribution in [0.4, 0.5) is 0 Å². The minimum absolute atomic E-state index is 0.124. The van der Waals surface area contributed by atoms with Gasteiger partial charge in [-0.2, -0.15) is 0 Å². The fourth-order valence-corrected chi connectivity index (χ4v) is 7.72. The maximum atomic E-state index is 13.4. The summed E-state index contributed by atoms with van der Waals surface area (Å²) in [6.45, 7) is 9.27. The van der Waals surface area contributed by atoms with Crippen LogP contribution in [0.15, 0.2) is 4.99 Å². The lowest BCUT2D eigenvalue weighted by molar-refractivity contribution is -0.142. The zero-order valence-corrected chi connectivity index (χ0v) is 17.5. The molecular formula is C23H35N3O2. The summed E-state index contributed by atoms with van der Waals surface area (Å²) in [5.41, 5.74) is 1.45. The summed E-state index contributed by atoms with van der Waals surface area (Å²) in [6.07, 6.45) is 6.90. The SMILES string of the molecule is C[C@]12CCC(=O)CC1=NCC1C2CC[C@@]2(C)C1CC[C@@H]2C(=O)N1CCNCC1. The zero-order valence-electron chi connectivity index (χ0n) is 17.5. The second-order valence-electron chi connectivity index (χ2n) is 10.5. The van der Waals surface area contributed by atoms with Crippen molar-refractivity contribution in [3.05, 3.63) is 0 Å². The van der Waals surface area contributed by atoms with Crippen molar-refractivity contribution in [2.24, 2.45) is 39.5 Å². The van der Waals surface area contributed by atoms with Gasteiger partial charge < -0.3 is 10.2 Å². The molecule has 3 unspecified atom stereocenters. The van der Waals surface area contributed by atoms with Gasteiger partial charge in [0.1, 0.15) is 5.78 Å². The van der Waals surface area contributed by atoms with E-state index in [9.17, 15) is 9.59 Å². The number of fused-ring (bicyclic) bond motifs is 5. The summed E-state index contributed by atoms with van der Waals surface area (Å²) in [4.78, 5) is 32.5. The molecule has 28 heavy (non-hydrogen) atoms. The van der Waals surface area contributed by atoms with Gasteiger partial charge in [0.05, 0.1) is 0 Å². The first-order valence-electron chi connectivity index (χ1n) is 11.5. The number of Topliss-reactive ketones (excluding diaryl/α,β-unsaturated/α-hetero) is 1. The highest BCUT2D eigenvalue weighted by atomic mass is 16.2. The molecule has 0 aromatic carbocycles. The topological polar surface area (TPSA) is 61.8 Å². The fraction of sp³-hybridized carbons (Fsp3) is 0.870. The van der Waals surface area contributed by atoms with Crippen LogP contribution in [0.5, 0.6) is 0 Å². The number of rotatable bonds is 1. The Morgan fingerprint density at radius 3 is 2.68 bits per heavy atom. The van der Waals surface area contributed by atoms with E-state index in [1.165, 1.54) is 18.6 Å². The van der Waals surface area contributed by atoms with Gasteiger partial charge in [-0.15, -0.1) is 0 Å². The van der Waals surface area contributed by atoms with Crippen molar-refractivity contribution in [1.29, 1.82) is 0 Å². The predicted molar refractivity (Wildman–Crippen MR) is 109 cm³/mol. The first-order chi connectivity index (χ1) is 13.4. The second-order valence-corrected chi connectivity index (χ2v) is 10.5. The lowest BCUT2D eigenvalue weighted by atomic mass is 9.49. The molecule has 4 fully saturated rings. The van der Waals surface area contributed by atoms with Crippen LogP contribution >= 0.6 is 0 Å². The Bertz CT molecular complexity index is 713. The molecule has 5 heteroatoms. The highest BCUT2D eigenvalue weighted by Crippen LogP contribution is 2.63. The predicted octanol–water partition coefficient (Wildman–Crippen LogP) is 2.69. The first kappa shape index (κ1) is 18.8. The Kier molecular flexibility index (Phi) is 4.46. The minimum atomic E-state index is 0.124. The average Bonchev–Trinajstić information content (AvgIpc) is 3.06. The van der Waals surface area contributed by atoms with Crippen LogP contribution in [0.3, 0.4) is 0 Å². The Balaban J connectivity index is 1.39. The van der Waals surface area contributed by atoms with Gasteiger partial charge in [0.25, 0.3) is 0 Å². The average molecular weight is 386 g/mol. The number of hydrogen-bond acceptors (Lipinski definition) is 4. The van der Waals surface area contributed by atoms with Crippen LogP contribution in [0.1, 0.15) is 58.8 Å². The number of ketones is 1. The quantitative estimate of drug-likeness (QED) is 0.755. The van der Waals surface area contributed by atoms with Gasteiger partial charge in [0.2, 0.25) is 5.91 Å². The third-order valence-electron chi connectivity index (χ3n) is 9.42. The Morgan fingerprint density at radius 2 is 1.89 bits per heavy atom. The molecule has 1 N–H and O–H groups in total. The van der Waals surface area contributed by atoms with E-state index in [0.717, 1.165) is 58.4 Å². The summed E-state index contributed by atoms with van der Waals surface area (Å²) < 4.78 is 0. The number of aliphatic imine (C=N–C) groups is 1. The van der Waals surface area contributed by atoms with Crippen molar-refractivity contribution in [1.82, 2.24) is 10.2 Å². The van der Waals surface area contributed by atoms with Gasteiger partial charge in [-0.25, -0.2) is 0 Å². The number of carbonyl (C=O) groups is 2. The highest BCUT2D eigenvalue weighted by molar-refractivity contribution is 6.07. The maximum Gasteiger partial charge on any atom is 0.226 e. The number of carbonyl (C=O) groups excluding carboxylic acids is 2. The van der Waals surface area contributed by atoms with Crippen molar-refractivity contribution < 1.29 is 9.59 Å². The van der Waals surface area contributed by atoms with Gasteiger partial charge in [0.15, 0.2) is 0 Å². The van der Waals surface area contributed by atoms with Gasteiger partial charge in [-0.3, -0.25) is 14.6 Å². The van der Waals surface area contributed by atoms with Crippen molar-refractivity contribution in [2.45, 2.75) is 58.8 Å². The summed E-state index contributed by atoms with van der Waals surface area (Å²) in [5.74, 6) is 2.85. The smallest absolute Gasteiger partial charge is 0.226 e. The number of nitrogens with one attached hydrogen (secondary N) is 1. The van der Waals surface area contributed by atoms with Gasteiger partial charge in [-0.1, -0.05) is 13.8 Å². The van der Waals surface area contributed by atoms with Gasteiger partial charge in [0, 0.05) is 62.6 Å². The van der Waals surface area contributed by atoms with Crippen LogP contribution in [0.25, 0.3) is 0 Å². The van der Waals surface area contributed by atoms with Gasteiger partial charge in [-0.05, 0) is 55.3 Å². The third kappa shape index (κ3) is 2.64. The lowest BCUT2D eigenvalue weighted by Crippen LogP contribution is -2.56. The van der Waals surface area contributed by atoms with Crippen LogP contribution in [0.2, 0.25) is 0 Å². The standard InChI is InChI=1S/C23H35N3O2/c1-22-8-6-18-16(14-25-20-13-15(27)5-7-23(18,20)2)17(22)3-4-19(22)21(28)26-11-9-24-10-12-26/h16-19,24H,3-14H2,1-2H3/t16?,17?,18?,19-,22+,23-/m1/s1. The van der Waals surface area contributed by atoms with E-state index >= 15 is 0 Å². The van der Waals surface area contributed by atoms with E-state index in [1.54, 1.807) is 0 Å². The van der Waals surface area contributed by atoms with E-state index in [2.05, 4.69) is 24.1 Å². The number of amides is 1. The molecule has 2 heterocycles. The first-order valence-corrected chi connectivity index (χ1v) is 11.5. The number of hydrogen-bond donors (Lipinski definition) is 1. The second kappa shape index (κ2) is 6.65. The van der Waals surface area contributed by atoms with Gasteiger partial charge >= 0.3 is 0 Å². The number of nitrogens with zero attached hydrogens (tertiary/aromatic N) is 2.